The Morgan fingerprint density at radius 2 is 1.96 bits per heavy atom. The Labute approximate surface area is 148 Å². The highest BCUT2D eigenvalue weighted by Crippen LogP contribution is 2.26. The van der Waals surface area contributed by atoms with Gasteiger partial charge in [-0.1, -0.05) is 18.2 Å². The van der Waals surface area contributed by atoms with Crippen LogP contribution in [0.1, 0.15) is 24.8 Å². The second-order valence-corrected chi connectivity index (χ2v) is 5.84. The van der Waals surface area contributed by atoms with Gasteiger partial charge in [-0.25, -0.2) is 4.79 Å². The maximum Gasteiger partial charge on any atom is 0.330 e. The summed E-state index contributed by atoms with van der Waals surface area (Å²) in [6.45, 7) is 0.524. The summed E-state index contributed by atoms with van der Waals surface area (Å²) in [5.41, 5.74) is 1.09. The van der Waals surface area contributed by atoms with E-state index in [-0.39, 0.29) is 24.5 Å². The molecule has 0 amide bonds. The van der Waals surface area contributed by atoms with Crippen molar-refractivity contribution in [3.63, 3.8) is 0 Å². The fourth-order valence-electron chi connectivity index (χ4n) is 2.69. The van der Waals surface area contributed by atoms with Crippen LogP contribution in [0.2, 0.25) is 0 Å². The SMILES string of the molecule is COC(=O)/C=C/C[C@H]1C[C@@H](OCc2ccc(OC)cc2)CC(OC)O1. The molecule has 0 N–H and O–H groups in total. The second-order valence-electron chi connectivity index (χ2n) is 5.84. The van der Waals surface area contributed by atoms with E-state index < -0.39 is 0 Å². The molecule has 2 rings (SSSR count). The molecule has 138 valence electrons. The minimum Gasteiger partial charge on any atom is -0.497 e. The molecule has 1 aromatic rings. The van der Waals surface area contributed by atoms with Crippen molar-refractivity contribution in [2.24, 2.45) is 0 Å². The highest BCUT2D eigenvalue weighted by atomic mass is 16.7. The van der Waals surface area contributed by atoms with Crippen LogP contribution in [-0.2, 0) is 30.3 Å². The molecule has 1 aromatic carbocycles. The quantitative estimate of drug-likeness (QED) is 0.531. The smallest absolute Gasteiger partial charge is 0.330 e. The number of ether oxygens (including phenoxy) is 5. The second kappa shape index (κ2) is 10.2. The fraction of sp³-hybridized carbons (Fsp3) is 0.526. The molecular weight excluding hydrogens is 324 g/mol. The lowest BCUT2D eigenvalue weighted by molar-refractivity contribution is -0.211. The van der Waals surface area contributed by atoms with E-state index >= 15 is 0 Å². The predicted octanol–water partition coefficient (Wildman–Crippen LogP) is 2.85. The molecule has 0 radical (unpaired) electrons. The van der Waals surface area contributed by atoms with E-state index in [9.17, 15) is 4.79 Å². The number of carbonyl (C=O) groups excluding carboxylic acids is 1. The maximum absolute atomic E-state index is 11.1. The predicted molar refractivity (Wildman–Crippen MR) is 92.2 cm³/mol. The van der Waals surface area contributed by atoms with Gasteiger partial charge in [0.15, 0.2) is 6.29 Å². The molecule has 0 saturated carbocycles. The lowest BCUT2D eigenvalue weighted by Crippen LogP contribution is -2.37. The van der Waals surface area contributed by atoms with Crippen LogP contribution in [0.3, 0.4) is 0 Å². The zero-order valence-electron chi connectivity index (χ0n) is 15.0. The summed E-state index contributed by atoms with van der Waals surface area (Å²) < 4.78 is 27.0. The number of esters is 1. The highest BCUT2D eigenvalue weighted by molar-refractivity contribution is 5.81. The summed E-state index contributed by atoms with van der Waals surface area (Å²) in [7, 11) is 4.62. The Morgan fingerprint density at radius 3 is 2.60 bits per heavy atom. The van der Waals surface area contributed by atoms with Crippen molar-refractivity contribution < 1.29 is 28.5 Å². The number of carbonyl (C=O) groups is 1. The van der Waals surface area contributed by atoms with Gasteiger partial charge in [-0.05, 0) is 24.1 Å². The normalized spacial score (nSPS) is 23.6. The zero-order chi connectivity index (χ0) is 18.1. The monoisotopic (exact) mass is 350 g/mol. The molecule has 1 saturated heterocycles. The van der Waals surface area contributed by atoms with Gasteiger partial charge < -0.3 is 23.7 Å². The van der Waals surface area contributed by atoms with E-state index in [0.29, 0.717) is 19.4 Å². The van der Waals surface area contributed by atoms with Gasteiger partial charge in [0.25, 0.3) is 0 Å². The molecule has 1 fully saturated rings. The Hall–Kier alpha value is -1.89. The van der Waals surface area contributed by atoms with Gasteiger partial charge in [0.1, 0.15) is 5.75 Å². The standard InChI is InChI=1S/C19H26O6/c1-21-15-9-7-14(8-10-15)13-24-17-11-16(25-19(12-17)23-3)5-4-6-18(20)22-2/h4,6-10,16-17,19H,5,11-13H2,1-3H3/b6-4+/t16-,17+,19?/m0/s1. The van der Waals surface area contributed by atoms with E-state index in [2.05, 4.69) is 4.74 Å². The average Bonchev–Trinajstić information content (AvgIpc) is 2.66. The molecule has 1 heterocycles. The van der Waals surface area contributed by atoms with E-state index in [4.69, 9.17) is 18.9 Å². The van der Waals surface area contributed by atoms with E-state index in [0.717, 1.165) is 17.7 Å². The van der Waals surface area contributed by atoms with E-state index in [1.807, 2.05) is 24.3 Å². The molecule has 0 aromatic heterocycles. The van der Waals surface area contributed by atoms with Gasteiger partial charge in [-0.15, -0.1) is 0 Å². The molecule has 6 heteroatoms. The molecule has 6 nitrogen and oxygen atoms in total. The Morgan fingerprint density at radius 1 is 1.20 bits per heavy atom. The number of hydrogen-bond acceptors (Lipinski definition) is 6. The number of hydrogen-bond donors (Lipinski definition) is 0. The van der Waals surface area contributed by atoms with Crippen molar-refractivity contribution in [3.8, 4) is 5.75 Å². The third kappa shape index (κ3) is 6.49. The van der Waals surface area contributed by atoms with E-state index in [1.165, 1.54) is 13.2 Å². The third-order valence-electron chi connectivity index (χ3n) is 4.09. The van der Waals surface area contributed by atoms with Gasteiger partial charge >= 0.3 is 5.97 Å². The number of methoxy groups -OCH3 is 3. The van der Waals surface area contributed by atoms with Crippen LogP contribution >= 0.6 is 0 Å². The first-order chi connectivity index (χ1) is 12.1. The fourth-order valence-corrected chi connectivity index (χ4v) is 2.69. The molecule has 0 spiro atoms. The van der Waals surface area contributed by atoms with Crippen LogP contribution in [0, 0.1) is 0 Å². The van der Waals surface area contributed by atoms with Crippen molar-refractivity contribution in [2.75, 3.05) is 21.3 Å². The molecule has 0 bridgehead atoms. The topological polar surface area (TPSA) is 63.2 Å². The van der Waals surface area contributed by atoms with Crippen molar-refractivity contribution in [3.05, 3.63) is 42.0 Å². The Kier molecular flexibility index (Phi) is 7.91. The lowest BCUT2D eigenvalue weighted by atomic mass is 10.0. The summed E-state index contributed by atoms with van der Waals surface area (Å²) in [6, 6.07) is 7.81. The van der Waals surface area contributed by atoms with Gasteiger partial charge in [-0.2, -0.15) is 0 Å². The Bertz CT molecular complexity index is 554. The van der Waals surface area contributed by atoms with E-state index in [1.54, 1.807) is 20.3 Å². The van der Waals surface area contributed by atoms with Crippen LogP contribution in [0.5, 0.6) is 5.75 Å². The van der Waals surface area contributed by atoms with Crippen LogP contribution in [-0.4, -0.2) is 45.8 Å². The molecule has 3 atom stereocenters. The zero-order valence-corrected chi connectivity index (χ0v) is 15.0. The number of rotatable bonds is 8. The van der Waals surface area contributed by atoms with Gasteiger partial charge in [-0.3, -0.25) is 0 Å². The summed E-state index contributed by atoms with van der Waals surface area (Å²) >= 11 is 0. The molecular formula is C19H26O6. The first-order valence-corrected chi connectivity index (χ1v) is 8.32. The average molecular weight is 350 g/mol. The first-order valence-electron chi connectivity index (χ1n) is 8.32. The molecule has 0 aliphatic carbocycles. The van der Waals surface area contributed by atoms with Crippen LogP contribution < -0.4 is 4.74 Å². The molecule has 1 aliphatic rings. The molecule has 1 unspecified atom stereocenters. The first kappa shape index (κ1) is 19.4. The van der Waals surface area contributed by atoms with Crippen molar-refractivity contribution in [1.82, 2.24) is 0 Å². The van der Waals surface area contributed by atoms with Crippen LogP contribution in [0.4, 0.5) is 0 Å². The van der Waals surface area contributed by atoms with Gasteiger partial charge in [0.05, 0.1) is 33.0 Å². The number of benzene rings is 1. The highest BCUT2D eigenvalue weighted by Gasteiger charge is 2.29. The minimum atomic E-state index is -0.369. The third-order valence-corrected chi connectivity index (χ3v) is 4.09. The lowest BCUT2D eigenvalue weighted by Gasteiger charge is -2.34. The maximum atomic E-state index is 11.1. The Balaban J connectivity index is 1.85. The van der Waals surface area contributed by atoms with Crippen LogP contribution in [0.25, 0.3) is 0 Å². The molecule has 1 aliphatic heterocycles. The van der Waals surface area contributed by atoms with Gasteiger partial charge in [0, 0.05) is 26.0 Å². The van der Waals surface area contributed by atoms with Crippen LogP contribution in [0.15, 0.2) is 36.4 Å². The van der Waals surface area contributed by atoms with Crippen molar-refractivity contribution >= 4 is 5.97 Å². The van der Waals surface area contributed by atoms with Gasteiger partial charge in [0.2, 0.25) is 0 Å². The molecule has 25 heavy (non-hydrogen) atoms. The summed E-state index contributed by atoms with van der Waals surface area (Å²) in [4.78, 5) is 11.1. The summed E-state index contributed by atoms with van der Waals surface area (Å²) in [6.07, 6.45) is 4.90. The minimum absolute atomic E-state index is 0.0392. The van der Waals surface area contributed by atoms with Crippen molar-refractivity contribution in [1.29, 1.82) is 0 Å². The summed E-state index contributed by atoms with van der Waals surface area (Å²) in [5.74, 6) is 0.457. The summed E-state index contributed by atoms with van der Waals surface area (Å²) in [5, 5.41) is 0. The largest absolute Gasteiger partial charge is 0.497 e. The van der Waals surface area contributed by atoms with Crippen molar-refractivity contribution in [2.45, 2.75) is 44.4 Å².